The van der Waals surface area contributed by atoms with Gasteiger partial charge in [-0.15, -0.1) is 11.3 Å². The normalized spacial score (nSPS) is 13.5. The molecule has 0 amide bonds. The smallest absolute Gasteiger partial charge is 0.336 e. The van der Waals surface area contributed by atoms with E-state index in [1.165, 1.54) is 16.9 Å². The van der Waals surface area contributed by atoms with Crippen LogP contribution in [0.25, 0.3) is 5.57 Å². The van der Waals surface area contributed by atoms with E-state index in [0.717, 1.165) is 29.8 Å². The first-order chi connectivity index (χ1) is 10.3. The van der Waals surface area contributed by atoms with E-state index in [0.29, 0.717) is 11.6 Å². The average molecular weight is 389 g/mol. The van der Waals surface area contributed by atoms with Gasteiger partial charge >= 0.3 is 5.97 Å². The van der Waals surface area contributed by atoms with E-state index in [9.17, 15) is 9.90 Å². The predicted octanol–water partition coefficient (Wildman–Crippen LogP) is 4.46. The number of hydrogen-bond acceptors (Lipinski definition) is 4. The van der Waals surface area contributed by atoms with Crippen molar-refractivity contribution in [2.45, 2.75) is 39.7 Å². The van der Waals surface area contributed by atoms with Crippen LogP contribution >= 0.6 is 27.5 Å². The molecule has 0 aromatic carbocycles. The van der Waals surface area contributed by atoms with Crippen molar-refractivity contribution in [3.8, 4) is 0 Å². The number of carboxylic acid groups (broad SMARTS) is 1. The third kappa shape index (κ3) is 5.11. The number of allylic oxidation sites excluding steroid dienone is 1. The molecule has 0 aliphatic carbocycles. The fourth-order valence-corrected chi connectivity index (χ4v) is 3.55. The van der Waals surface area contributed by atoms with Crippen molar-refractivity contribution in [3.05, 3.63) is 27.6 Å². The summed E-state index contributed by atoms with van der Waals surface area (Å²) in [6, 6.07) is 0.417. The Morgan fingerprint density at radius 1 is 1.50 bits per heavy atom. The molecular formula is C16H25BrN2O2S. The van der Waals surface area contributed by atoms with Crippen LogP contribution in [0, 0.1) is 6.92 Å². The maximum atomic E-state index is 11.2. The summed E-state index contributed by atoms with van der Waals surface area (Å²) in [5, 5.41) is 10.9. The van der Waals surface area contributed by atoms with Crippen molar-refractivity contribution in [1.82, 2.24) is 8.83 Å². The molecule has 6 heteroatoms. The molecule has 0 saturated heterocycles. The minimum absolute atomic E-state index is 0.413. The molecule has 4 nitrogen and oxygen atoms in total. The molecular weight excluding hydrogens is 364 g/mol. The Kier molecular flexibility index (Phi) is 7.59. The zero-order valence-electron chi connectivity index (χ0n) is 13.9. The molecule has 22 heavy (non-hydrogen) atoms. The number of carbonyl (C=O) groups is 1. The first-order valence-electron chi connectivity index (χ1n) is 7.39. The van der Waals surface area contributed by atoms with Gasteiger partial charge in [-0.2, -0.15) is 0 Å². The van der Waals surface area contributed by atoms with Crippen molar-refractivity contribution in [2.75, 3.05) is 20.6 Å². The number of rotatable bonds is 8. The molecule has 1 atom stereocenters. The van der Waals surface area contributed by atoms with Crippen LogP contribution in [0.1, 0.15) is 47.5 Å². The molecule has 0 radical (unpaired) electrons. The van der Waals surface area contributed by atoms with Gasteiger partial charge in [0.25, 0.3) is 0 Å². The molecule has 1 N–H and O–H groups in total. The summed E-state index contributed by atoms with van der Waals surface area (Å²) in [6.07, 6.45) is 4.09. The predicted molar refractivity (Wildman–Crippen MR) is 97.7 cm³/mol. The van der Waals surface area contributed by atoms with Gasteiger partial charge in [-0.05, 0) is 44.9 Å². The largest absolute Gasteiger partial charge is 0.478 e. The second kappa shape index (κ2) is 8.70. The number of halogens is 1. The number of carboxylic acids is 1. The minimum Gasteiger partial charge on any atom is -0.478 e. The highest BCUT2D eigenvalue weighted by atomic mass is 79.9. The van der Waals surface area contributed by atoms with Crippen LogP contribution in [0.3, 0.4) is 0 Å². The molecule has 0 bridgehead atoms. The van der Waals surface area contributed by atoms with Crippen LogP contribution in [0.4, 0.5) is 0 Å². The SMILES string of the molecule is CCC(=CN(C)C(C)CCN(C)Br)c1scc(C(=O)O)c1C. The van der Waals surface area contributed by atoms with E-state index in [4.69, 9.17) is 0 Å². The first-order valence-corrected chi connectivity index (χ1v) is 8.98. The molecule has 0 aliphatic rings. The van der Waals surface area contributed by atoms with Gasteiger partial charge in [-0.1, -0.05) is 6.92 Å². The Bertz CT molecular complexity index is 540. The summed E-state index contributed by atoms with van der Waals surface area (Å²) in [4.78, 5) is 14.5. The van der Waals surface area contributed by atoms with E-state index >= 15 is 0 Å². The molecule has 0 saturated carbocycles. The lowest BCUT2D eigenvalue weighted by atomic mass is 10.1. The summed E-state index contributed by atoms with van der Waals surface area (Å²) in [5.74, 6) is -0.850. The summed E-state index contributed by atoms with van der Waals surface area (Å²) in [5.41, 5.74) is 2.47. The van der Waals surface area contributed by atoms with Crippen molar-refractivity contribution in [1.29, 1.82) is 0 Å². The van der Waals surface area contributed by atoms with Crippen molar-refractivity contribution in [2.24, 2.45) is 0 Å². The first kappa shape index (κ1) is 19.2. The van der Waals surface area contributed by atoms with Crippen molar-refractivity contribution < 1.29 is 9.90 Å². The van der Waals surface area contributed by atoms with Crippen LogP contribution < -0.4 is 0 Å². The third-order valence-electron chi connectivity index (χ3n) is 3.85. The lowest BCUT2D eigenvalue weighted by Gasteiger charge is -2.25. The lowest BCUT2D eigenvalue weighted by Crippen LogP contribution is -2.27. The molecule has 1 aromatic rings. The standard InChI is InChI=1S/C16H25BrN2O2S/c1-6-13(9-18(4)11(2)7-8-19(5)17)15-12(3)14(10-22-15)16(20)21/h9-11H,6-8H2,1-5H3,(H,20,21). The fraction of sp³-hybridized carbons (Fsp3) is 0.562. The highest BCUT2D eigenvalue weighted by molar-refractivity contribution is 9.07. The summed E-state index contributed by atoms with van der Waals surface area (Å²) in [7, 11) is 4.08. The number of aromatic carboxylic acids is 1. The fourth-order valence-electron chi connectivity index (χ4n) is 2.20. The molecule has 1 rings (SSSR count). The van der Waals surface area contributed by atoms with Gasteiger partial charge in [0.1, 0.15) is 0 Å². The van der Waals surface area contributed by atoms with E-state index in [-0.39, 0.29) is 0 Å². The van der Waals surface area contributed by atoms with Crippen LogP contribution in [-0.4, -0.2) is 46.6 Å². The monoisotopic (exact) mass is 388 g/mol. The molecule has 0 spiro atoms. The molecule has 1 unspecified atom stereocenters. The van der Waals surface area contributed by atoms with Crippen LogP contribution in [0.15, 0.2) is 11.6 Å². The molecule has 0 aliphatic heterocycles. The molecule has 0 fully saturated rings. The number of nitrogens with zero attached hydrogens (tertiary/aromatic N) is 2. The molecule has 1 aromatic heterocycles. The van der Waals surface area contributed by atoms with Gasteiger partial charge in [-0.25, -0.2) is 8.72 Å². The second-order valence-electron chi connectivity index (χ2n) is 5.55. The van der Waals surface area contributed by atoms with Gasteiger partial charge < -0.3 is 10.0 Å². The average Bonchev–Trinajstić information content (AvgIpc) is 2.83. The zero-order valence-corrected chi connectivity index (χ0v) is 16.3. The Morgan fingerprint density at radius 3 is 2.59 bits per heavy atom. The van der Waals surface area contributed by atoms with Crippen molar-refractivity contribution >= 4 is 39.0 Å². The molecule has 124 valence electrons. The highest BCUT2D eigenvalue weighted by Gasteiger charge is 2.16. The van der Waals surface area contributed by atoms with Crippen LogP contribution in [-0.2, 0) is 0 Å². The Balaban J connectivity index is 2.92. The zero-order chi connectivity index (χ0) is 16.9. The maximum Gasteiger partial charge on any atom is 0.336 e. The summed E-state index contributed by atoms with van der Waals surface area (Å²) < 4.78 is 2.00. The van der Waals surface area contributed by atoms with Gasteiger partial charge in [-0.3, -0.25) is 0 Å². The topological polar surface area (TPSA) is 43.8 Å². The van der Waals surface area contributed by atoms with Gasteiger partial charge in [0, 0.05) is 52.2 Å². The summed E-state index contributed by atoms with van der Waals surface area (Å²) >= 11 is 4.94. The van der Waals surface area contributed by atoms with E-state index in [2.05, 4.69) is 48.1 Å². The number of thiophene rings is 1. The minimum atomic E-state index is -0.850. The lowest BCUT2D eigenvalue weighted by molar-refractivity contribution is 0.0696. The van der Waals surface area contributed by atoms with E-state index < -0.39 is 5.97 Å². The quantitative estimate of drug-likeness (QED) is 0.667. The Labute approximate surface area is 145 Å². The van der Waals surface area contributed by atoms with Gasteiger partial charge in [0.05, 0.1) is 5.56 Å². The van der Waals surface area contributed by atoms with E-state index in [1.54, 1.807) is 5.38 Å². The highest BCUT2D eigenvalue weighted by Crippen LogP contribution is 2.31. The number of hydrogen-bond donors (Lipinski definition) is 1. The van der Waals surface area contributed by atoms with Crippen molar-refractivity contribution in [3.63, 3.8) is 0 Å². The molecule has 1 heterocycles. The van der Waals surface area contributed by atoms with Gasteiger partial charge in [0.15, 0.2) is 0 Å². The van der Waals surface area contributed by atoms with Gasteiger partial charge in [0.2, 0.25) is 0 Å². The maximum absolute atomic E-state index is 11.2. The second-order valence-corrected chi connectivity index (χ2v) is 7.64. The Hall–Kier alpha value is -0.850. The third-order valence-corrected chi connectivity index (χ3v) is 5.36. The van der Waals surface area contributed by atoms with Crippen LogP contribution in [0.5, 0.6) is 0 Å². The van der Waals surface area contributed by atoms with E-state index in [1.807, 2.05) is 17.9 Å². The summed E-state index contributed by atoms with van der Waals surface area (Å²) in [6.45, 7) is 7.17. The Morgan fingerprint density at radius 2 is 2.14 bits per heavy atom. The van der Waals surface area contributed by atoms with Crippen LogP contribution in [0.2, 0.25) is 0 Å².